The van der Waals surface area contributed by atoms with Gasteiger partial charge in [0.05, 0.1) is 26.1 Å². The summed E-state index contributed by atoms with van der Waals surface area (Å²) in [4.78, 5) is 26.4. The highest BCUT2D eigenvalue weighted by molar-refractivity contribution is 7.52. The van der Waals surface area contributed by atoms with Crippen molar-refractivity contribution in [3.63, 3.8) is 0 Å². The van der Waals surface area contributed by atoms with Crippen LogP contribution >= 0.6 is 7.75 Å². The quantitative estimate of drug-likeness (QED) is 0.168. The molecule has 2 aromatic heterocycles. The fourth-order valence-electron chi connectivity index (χ4n) is 6.26. The van der Waals surface area contributed by atoms with Crippen LogP contribution in [0, 0.1) is 5.92 Å². The number of nitrogens with two attached hydrogens (primary N) is 1. The molecule has 2 aliphatic heterocycles. The standard InChI is InChI=1S/C34H45N6O9P/c1-21(2)18-24-31(42)46-17-10-6-4-5-9-16-45-30-27-29(37-33(35)38-30)40(20-36-27)32-34(3,43)28(41)26(48-32)19-47-50(44,39-24)49-25-15-11-13-22-12-7-8-14-23(22)25/h7-8,11-15,20-21,24,26,28,32,41,43H,4-6,9-10,16-19H2,1-3H3,(H,39,44)(H2,35,37,38)/t24-,26?,28+,32?,34+,50?/m0/s1. The first-order chi connectivity index (χ1) is 23.9. The van der Waals surface area contributed by atoms with E-state index in [4.69, 9.17) is 29.0 Å². The van der Waals surface area contributed by atoms with Gasteiger partial charge >= 0.3 is 13.7 Å². The van der Waals surface area contributed by atoms with Crippen LogP contribution in [-0.4, -0.2) is 79.4 Å². The van der Waals surface area contributed by atoms with E-state index < -0.39 is 50.4 Å². The van der Waals surface area contributed by atoms with E-state index in [0.29, 0.717) is 23.9 Å². The van der Waals surface area contributed by atoms with Gasteiger partial charge in [0, 0.05) is 5.39 Å². The fourth-order valence-corrected chi connectivity index (χ4v) is 7.80. The van der Waals surface area contributed by atoms with Crippen molar-refractivity contribution < 1.29 is 42.8 Å². The van der Waals surface area contributed by atoms with Crippen molar-refractivity contribution in [3.8, 4) is 11.6 Å². The molecule has 16 heteroatoms. The van der Waals surface area contributed by atoms with Gasteiger partial charge in [0.2, 0.25) is 11.8 Å². The monoisotopic (exact) mass is 712 g/mol. The average molecular weight is 713 g/mol. The van der Waals surface area contributed by atoms with Gasteiger partial charge in [-0.2, -0.15) is 15.1 Å². The molecule has 2 aromatic carbocycles. The van der Waals surface area contributed by atoms with Crippen LogP contribution in [0.2, 0.25) is 0 Å². The first kappa shape index (κ1) is 36.0. The molecule has 0 radical (unpaired) electrons. The number of aliphatic hydroxyl groups is 2. The zero-order chi connectivity index (χ0) is 35.5. The van der Waals surface area contributed by atoms with Crippen LogP contribution in [-0.2, 0) is 23.4 Å². The van der Waals surface area contributed by atoms with Gasteiger partial charge in [0.25, 0.3) is 0 Å². The number of benzene rings is 2. The molecule has 50 heavy (non-hydrogen) atoms. The van der Waals surface area contributed by atoms with Crippen LogP contribution in [0.3, 0.4) is 0 Å². The minimum absolute atomic E-state index is 0.0195. The highest BCUT2D eigenvalue weighted by Crippen LogP contribution is 2.49. The van der Waals surface area contributed by atoms with Gasteiger partial charge in [-0.15, -0.1) is 0 Å². The number of hydrogen-bond donors (Lipinski definition) is 4. The maximum Gasteiger partial charge on any atom is 0.459 e. The van der Waals surface area contributed by atoms with Crippen molar-refractivity contribution in [3.05, 3.63) is 48.8 Å². The molecular weight excluding hydrogens is 667 g/mol. The third-order valence-electron chi connectivity index (χ3n) is 8.87. The molecule has 270 valence electrons. The molecule has 1 saturated heterocycles. The molecule has 4 aromatic rings. The minimum atomic E-state index is -4.41. The normalized spacial score (nSPS) is 29.0. The summed E-state index contributed by atoms with van der Waals surface area (Å²) in [5.74, 6) is -0.179. The number of carbonyl (C=O) groups excluding carboxylic acids is 1. The summed E-state index contributed by atoms with van der Waals surface area (Å²) in [6, 6.07) is 11.7. The number of hydrogen-bond acceptors (Lipinski definition) is 13. The lowest BCUT2D eigenvalue weighted by Crippen LogP contribution is -2.44. The summed E-state index contributed by atoms with van der Waals surface area (Å²) < 4.78 is 46.1. The Morgan fingerprint density at radius 3 is 2.58 bits per heavy atom. The van der Waals surface area contributed by atoms with E-state index in [1.807, 2.05) is 44.2 Å². The Hall–Kier alpha value is -3.85. The van der Waals surface area contributed by atoms with Gasteiger partial charge in [0.1, 0.15) is 29.6 Å². The molecule has 4 heterocycles. The van der Waals surface area contributed by atoms with Gasteiger partial charge in [-0.05, 0) is 43.6 Å². The number of nitrogens with one attached hydrogen (secondary N) is 1. The molecule has 0 aliphatic carbocycles. The van der Waals surface area contributed by atoms with E-state index >= 15 is 0 Å². The van der Waals surface area contributed by atoms with E-state index in [-0.39, 0.29) is 42.2 Å². The molecule has 6 atom stereocenters. The summed E-state index contributed by atoms with van der Waals surface area (Å²) in [7, 11) is -4.41. The molecule has 1 fully saturated rings. The second-order valence-electron chi connectivity index (χ2n) is 13.4. The number of anilines is 1. The van der Waals surface area contributed by atoms with Crippen molar-refractivity contribution >= 4 is 41.6 Å². The number of esters is 1. The summed E-state index contributed by atoms with van der Waals surface area (Å²) >= 11 is 0. The van der Waals surface area contributed by atoms with Gasteiger partial charge in [-0.3, -0.25) is 13.9 Å². The predicted molar refractivity (Wildman–Crippen MR) is 184 cm³/mol. The van der Waals surface area contributed by atoms with Gasteiger partial charge in [-0.1, -0.05) is 69.5 Å². The summed E-state index contributed by atoms with van der Waals surface area (Å²) in [6.45, 7) is 5.34. The number of imidazole rings is 1. The maximum absolute atomic E-state index is 14.7. The Morgan fingerprint density at radius 1 is 1.08 bits per heavy atom. The Bertz CT molecular complexity index is 1850. The lowest BCUT2D eigenvalue weighted by Gasteiger charge is -2.28. The lowest BCUT2D eigenvalue weighted by molar-refractivity contribution is -0.146. The average Bonchev–Trinajstić information content (AvgIpc) is 3.58. The molecule has 2 aliphatic rings. The van der Waals surface area contributed by atoms with E-state index in [1.165, 1.54) is 17.8 Å². The number of ether oxygens (including phenoxy) is 3. The van der Waals surface area contributed by atoms with Crippen LogP contribution in [0.4, 0.5) is 5.95 Å². The Morgan fingerprint density at radius 2 is 1.80 bits per heavy atom. The first-order valence-electron chi connectivity index (χ1n) is 17.0. The Kier molecular flexibility index (Phi) is 10.9. The lowest BCUT2D eigenvalue weighted by atomic mass is 9.96. The Labute approximate surface area is 290 Å². The summed E-state index contributed by atoms with van der Waals surface area (Å²) in [5.41, 5.74) is 4.68. The molecule has 0 saturated carbocycles. The fraction of sp³-hybridized carbons (Fsp3) is 0.529. The third kappa shape index (κ3) is 7.88. The molecule has 15 nitrogen and oxygen atoms in total. The number of nitrogens with zero attached hydrogens (tertiary/aromatic N) is 4. The zero-order valence-electron chi connectivity index (χ0n) is 28.4. The molecular formula is C34H45N6O9P. The van der Waals surface area contributed by atoms with Crippen molar-refractivity contribution in [1.29, 1.82) is 0 Å². The Balaban J connectivity index is 1.35. The number of aliphatic hydroxyl groups excluding tert-OH is 1. The van der Waals surface area contributed by atoms with E-state index in [9.17, 15) is 19.6 Å². The topological polar surface area (TPSA) is 202 Å². The number of nitrogen functional groups attached to an aromatic ring is 1. The van der Waals surface area contributed by atoms with Gasteiger partial charge in [0.15, 0.2) is 17.4 Å². The van der Waals surface area contributed by atoms with Gasteiger partial charge in [-0.25, -0.2) is 9.55 Å². The van der Waals surface area contributed by atoms with Crippen molar-refractivity contribution in [1.82, 2.24) is 24.6 Å². The van der Waals surface area contributed by atoms with E-state index in [1.54, 1.807) is 12.1 Å². The predicted octanol–water partition coefficient (Wildman–Crippen LogP) is 4.67. The van der Waals surface area contributed by atoms with E-state index in [0.717, 1.165) is 31.1 Å². The molecule has 0 spiro atoms. The minimum Gasteiger partial charge on any atom is -0.476 e. The summed E-state index contributed by atoms with van der Waals surface area (Å²) in [5, 5.41) is 27.3. The molecule has 5 N–H and O–H groups in total. The smallest absolute Gasteiger partial charge is 0.459 e. The number of cyclic esters (lactones) is 1. The highest BCUT2D eigenvalue weighted by Gasteiger charge is 2.54. The van der Waals surface area contributed by atoms with Crippen molar-refractivity contribution in [2.45, 2.75) is 89.4 Å². The molecule has 6 rings (SSSR count). The van der Waals surface area contributed by atoms with Crippen LogP contribution in [0.15, 0.2) is 48.8 Å². The van der Waals surface area contributed by atoms with Crippen molar-refractivity contribution in [2.75, 3.05) is 25.6 Å². The highest BCUT2D eigenvalue weighted by atomic mass is 31.2. The number of aromatic nitrogens is 4. The van der Waals surface area contributed by atoms with Crippen molar-refractivity contribution in [2.24, 2.45) is 5.92 Å². The van der Waals surface area contributed by atoms with Crippen LogP contribution < -0.4 is 20.1 Å². The first-order valence-corrected chi connectivity index (χ1v) is 18.5. The van der Waals surface area contributed by atoms with Gasteiger partial charge < -0.3 is 34.7 Å². The maximum atomic E-state index is 14.7. The van der Waals surface area contributed by atoms with Crippen LogP contribution in [0.5, 0.6) is 11.6 Å². The zero-order valence-corrected chi connectivity index (χ0v) is 29.3. The number of carbonyl (C=O) groups is 1. The summed E-state index contributed by atoms with van der Waals surface area (Å²) in [6.07, 6.45) is 1.72. The van der Waals surface area contributed by atoms with Crippen LogP contribution in [0.1, 0.15) is 65.5 Å². The number of rotatable bonds is 4. The SMILES string of the molecule is CC(C)C[C@@H]1NP(=O)(Oc2cccc3ccccc23)OCC2OC(n3cnc4c(nc(N)nc43)OCCCCCCCOC1=O)[C@](C)(O)[C@@H]2O. The second-order valence-corrected chi connectivity index (χ2v) is 15.1. The third-order valence-corrected chi connectivity index (χ3v) is 10.4. The van der Waals surface area contributed by atoms with Crippen LogP contribution in [0.25, 0.3) is 21.9 Å². The van der Waals surface area contributed by atoms with E-state index in [2.05, 4.69) is 20.0 Å². The molecule has 3 unspecified atom stereocenters. The largest absolute Gasteiger partial charge is 0.476 e. The molecule has 0 amide bonds. The number of fused-ring (bicyclic) bond motifs is 4. The molecule has 6 bridgehead atoms. The second kappa shape index (κ2) is 15.2.